The molecule has 0 fully saturated rings. The van der Waals surface area contributed by atoms with Gasteiger partial charge in [0.15, 0.2) is 5.84 Å². The number of rotatable bonds is 4. The minimum atomic E-state index is -3.62. The van der Waals surface area contributed by atoms with Gasteiger partial charge in [0.25, 0.3) is 10.0 Å². The Morgan fingerprint density at radius 2 is 2.15 bits per heavy atom. The molecule has 0 unspecified atom stereocenters. The smallest absolute Gasteiger partial charge is 0.271 e. The summed E-state index contributed by atoms with van der Waals surface area (Å²) in [5.41, 5.74) is 7.06. The van der Waals surface area contributed by atoms with Gasteiger partial charge in [-0.25, -0.2) is 8.42 Å². The molecule has 0 aliphatic heterocycles. The van der Waals surface area contributed by atoms with E-state index in [9.17, 15) is 8.42 Å². The zero-order valence-corrected chi connectivity index (χ0v) is 12.2. The minimum absolute atomic E-state index is 0.0819. The summed E-state index contributed by atoms with van der Waals surface area (Å²) >= 11 is 1.13. The molecular weight excluding hydrogens is 298 g/mol. The third-order valence-corrected chi connectivity index (χ3v) is 5.41. The van der Waals surface area contributed by atoms with Crippen molar-refractivity contribution in [3.63, 3.8) is 0 Å². The highest BCUT2D eigenvalue weighted by atomic mass is 32.2. The number of hydrogen-bond acceptors (Lipinski definition) is 5. The van der Waals surface area contributed by atoms with Crippen LogP contribution in [0.5, 0.6) is 0 Å². The highest BCUT2D eigenvalue weighted by Gasteiger charge is 2.16. The Bertz CT molecular complexity index is 737. The number of aryl methyl sites for hydroxylation is 1. The number of amidine groups is 1. The highest BCUT2D eigenvalue weighted by Crippen LogP contribution is 2.23. The van der Waals surface area contributed by atoms with Gasteiger partial charge in [0.05, 0.1) is 5.69 Å². The number of nitrogens with zero attached hydrogens (tertiary/aromatic N) is 1. The van der Waals surface area contributed by atoms with E-state index < -0.39 is 10.0 Å². The molecule has 6 nitrogen and oxygen atoms in total. The number of anilines is 1. The van der Waals surface area contributed by atoms with Crippen LogP contribution in [0.3, 0.4) is 0 Å². The summed E-state index contributed by atoms with van der Waals surface area (Å²) in [6.07, 6.45) is 0. The molecule has 0 saturated carbocycles. The molecule has 0 radical (unpaired) electrons. The van der Waals surface area contributed by atoms with Crippen molar-refractivity contribution in [1.29, 1.82) is 0 Å². The molecule has 0 atom stereocenters. The van der Waals surface area contributed by atoms with E-state index in [1.54, 1.807) is 30.5 Å². The first kappa shape index (κ1) is 14.4. The van der Waals surface area contributed by atoms with Crippen LogP contribution in [0.25, 0.3) is 0 Å². The summed E-state index contributed by atoms with van der Waals surface area (Å²) in [4.78, 5) is 0. The lowest BCUT2D eigenvalue weighted by Gasteiger charge is -2.10. The fourth-order valence-electron chi connectivity index (χ4n) is 1.56. The van der Waals surface area contributed by atoms with Crippen molar-refractivity contribution in [1.82, 2.24) is 0 Å². The van der Waals surface area contributed by atoms with Crippen LogP contribution in [-0.4, -0.2) is 19.5 Å². The van der Waals surface area contributed by atoms with Crippen LogP contribution >= 0.6 is 11.3 Å². The first-order valence-corrected chi connectivity index (χ1v) is 7.95. The van der Waals surface area contributed by atoms with E-state index in [0.29, 0.717) is 11.3 Å². The molecule has 1 aromatic carbocycles. The lowest BCUT2D eigenvalue weighted by molar-refractivity contribution is 0.318. The molecule has 8 heteroatoms. The van der Waals surface area contributed by atoms with Crippen LogP contribution in [0.1, 0.15) is 11.1 Å². The molecule has 1 heterocycles. The maximum Gasteiger partial charge on any atom is 0.271 e. The van der Waals surface area contributed by atoms with E-state index in [1.807, 2.05) is 0 Å². The average molecular weight is 311 g/mol. The van der Waals surface area contributed by atoms with Gasteiger partial charge in [0.1, 0.15) is 4.21 Å². The molecule has 0 aliphatic carbocycles. The van der Waals surface area contributed by atoms with E-state index in [4.69, 9.17) is 10.9 Å². The lowest BCUT2D eigenvalue weighted by atomic mass is 10.1. The fraction of sp³-hybridized carbons (Fsp3) is 0.0833. The predicted molar refractivity (Wildman–Crippen MR) is 78.8 cm³/mol. The Morgan fingerprint density at radius 1 is 1.40 bits per heavy atom. The first-order valence-electron chi connectivity index (χ1n) is 5.59. The summed E-state index contributed by atoms with van der Waals surface area (Å²) in [7, 11) is -3.62. The molecule has 0 spiro atoms. The molecule has 0 saturated heterocycles. The Balaban J connectivity index is 2.39. The van der Waals surface area contributed by atoms with E-state index in [0.717, 1.165) is 16.9 Å². The van der Waals surface area contributed by atoms with Gasteiger partial charge in [0.2, 0.25) is 0 Å². The molecule has 0 bridgehead atoms. The Labute approximate surface area is 120 Å². The van der Waals surface area contributed by atoms with Crippen molar-refractivity contribution in [2.75, 3.05) is 4.72 Å². The van der Waals surface area contributed by atoms with E-state index in [1.165, 1.54) is 12.1 Å². The summed E-state index contributed by atoms with van der Waals surface area (Å²) < 4.78 is 27.0. The number of nitrogens with two attached hydrogens (primary N) is 1. The van der Waals surface area contributed by atoms with Crippen LogP contribution in [0.2, 0.25) is 0 Å². The largest absolute Gasteiger partial charge is 0.409 e. The van der Waals surface area contributed by atoms with Crippen LogP contribution in [0.15, 0.2) is 45.1 Å². The summed E-state index contributed by atoms with van der Waals surface area (Å²) in [5, 5.41) is 13.2. The van der Waals surface area contributed by atoms with E-state index >= 15 is 0 Å². The van der Waals surface area contributed by atoms with Crippen LogP contribution in [0, 0.1) is 6.92 Å². The number of hydrogen-bond donors (Lipinski definition) is 3. The quantitative estimate of drug-likeness (QED) is 0.347. The molecule has 2 rings (SSSR count). The van der Waals surface area contributed by atoms with Crippen molar-refractivity contribution < 1.29 is 13.6 Å². The van der Waals surface area contributed by atoms with Gasteiger partial charge in [-0.3, -0.25) is 4.72 Å². The lowest BCUT2D eigenvalue weighted by Crippen LogP contribution is -2.16. The van der Waals surface area contributed by atoms with Crippen molar-refractivity contribution in [2.24, 2.45) is 10.9 Å². The number of thiophene rings is 1. The van der Waals surface area contributed by atoms with Gasteiger partial charge in [-0.2, -0.15) is 0 Å². The average Bonchev–Trinajstić information content (AvgIpc) is 2.95. The van der Waals surface area contributed by atoms with Crippen LogP contribution < -0.4 is 10.5 Å². The van der Waals surface area contributed by atoms with Crippen molar-refractivity contribution in [2.45, 2.75) is 11.1 Å². The summed E-state index contributed by atoms with van der Waals surface area (Å²) in [6, 6.07) is 8.05. The topological polar surface area (TPSA) is 105 Å². The van der Waals surface area contributed by atoms with Gasteiger partial charge < -0.3 is 10.9 Å². The zero-order chi connectivity index (χ0) is 14.8. The van der Waals surface area contributed by atoms with Gasteiger partial charge >= 0.3 is 0 Å². The number of benzene rings is 1. The number of sulfonamides is 1. The fourth-order valence-corrected chi connectivity index (χ4v) is 3.67. The third kappa shape index (κ3) is 2.91. The van der Waals surface area contributed by atoms with Gasteiger partial charge in [-0.1, -0.05) is 23.4 Å². The molecule has 1 aromatic heterocycles. The summed E-state index contributed by atoms with van der Waals surface area (Å²) in [6.45, 7) is 1.77. The SMILES string of the molecule is Cc1ccc(C(N)=NO)cc1NS(=O)(=O)c1cccs1. The van der Waals surface area contributed by atoms with E-state index in [-0.39, 0.29) is 10.0 Å². The van der Waals surface area contributed by atoms with Crippen molar-refractivity contribution in [3.05, 3.63) is 46.8 Å². The monoisotopic (exact) mass is 311 g/mol. The standard InChI is InChI=1S/C12H13N3O3S2/c1-8-4-5-9(12(13)14-16)7-10(8)15-20(17,18)11-3-2-6-19-11/h2-7,15-16H,1H3,(H2,13,14). The molecule has 0 aliphatic rings. The Hall–Kier alpha value is -2.06. The normalized spacial score (nSPS) is 12.3. The molecule has 4 N–H and O–H groups in total. The first-order chi connectivity index (χ1) is 9.44. The van der Waals surface area contributed by atoms with Crippen LogP contribution in [0.4, 0.5) is 5.69 Å². The van der Waals surface area contributed by atoms with E-state index in [2.05, 4.69) is 9.88 Å². The maximum absolute atomic E-state index is 12.2. The Kier molecular flexibility index (Phi) is 3.96. The molecule has 106 valence electrons. The van der Waals surface area contributed by atoms with Gasteiger partial charge in [-0.15, -0.1) is 11.3 Å². The molecule has 2 aromatic rings. The van der Waals surface area contributed by atoms with Crippen molar-refractivity contribution >= 4 is 32.9 Å². The van der Waals surface area contributed by atoms with Crippen molar-refractivity contribution in [3.8, 4) is 0 Å². The molecular formula is C12H13N3O3S2. The van der Waals surface area contributed by atoms with Crippen LogP contribution in [-0.2, 0) is 10.0 Å². The second-order valence-electron chi connectivity index (χ2n) is 4.05. The van der Waals surface area contributed by atoms with Gasteiger partial charge in [0, 0.05) is 5.56 Å². The highest BCUT2D eigenvalue weighted by molar-refractivity contribution is 7.94. The number of oxime groups is 1. The summed E-state index contributed by atoms with van der Waals surface area (Å²) in [5.74, 6) is -0.0819. The maximum atomic E-state index is 12.2. The molecule has 20 heavy (non-hydrogen) atoms. The third-order valence-electron chi connectivity index (χ3n) is 2.65. The Morgan fingerprint density at radius 3 is 2.75 bits per heavy atom. The second-order valence-corrected chi connectivity index (χ2v) is 6.91. The second kappa shape index (κ2) is 5.51. The minimum Gasteiger partial charge on any atom is -0.409 e. The zero-order valence-electron chi connectivity index (χ0n) is 10.6. The predicted octanol–water partition coefficient (Wildman–Crippen LogP) is 1.95. The van der Waals surface area contributed by atoms with Gasteiger partial charge in [-0.05, 0) is 30.0 Å². The number of nitrogens with one attached hydrogen (secondary N) is 1. The molecule has 0 amide bonds.